The highest BCUT2D eigenvalue weighted by molar-refractivity contribution is 5.86. The lowest BCUT2D eigenvalue weighted by Gasteiger charge is -2.30. The normalized spacial score (nSPS) is 14.1. The molecule has 1 unspecified atom stereocenters. The number of carbonyl (C=O) groups excluding carboxylic acids is 1. The Morgan fingerprint density at radius 1 is 1.29 bits per heavy atom. The predicted molar refractivity (Wildman–Crippen MR) is 85.9 cm³/mol. The van der Waals surface area contributed by atoms with E-state index in [0.717, 1.165) is 25.0 Å². The van der Waals surface area contributed by atoms with Gasteiger partial charge < -0.3 is 15.8 Å². The van der Waals surface area contributed by atoms with Gasteiger partial charge >= 0.3 is 0 Å². The van der Waals surface area contributed by atoms with Crippen molar-refractivity contribution in [3.8, 4) is 0 Å². The highest BCUT2D eigenvalue weighted by atomic mass is 16.5. The highest BCUT2D eigenvalue weighted by Crippen LogP contribution is 2.24. The van der Waals surface area contributed by atoms with Crippen molar-refractivity contribution in [3.63, 3.8) is 0 Å². The van der Waals surface area contributed by atoms with Crippen LogP contribution in [0.3, 0.4) is 0 Å². The zero-order valence-electron chi connectivity index (χ0n) is 13.4. The third kappa shape index (κ3) is 5.14. The van der Waals surface area contributed by atoms with Crippen LogP contribution in [0.4, 0.5) is 0 Å². The predicted octanol–water partition coefficient (Wildman–Crippen LogP) is 2.43. The quantitative estimate of drug-likeness (QED) is 0.651. The van der Waals surface area contributed by atoms with Gasteiger partial charge in [-0.15, -0.1) is 0 Å². The van der Waals surface area contributed by atoms with Crippen molar-refractivity contribution in [1.82, 2.24) is 5.32 Å². The third-order valence-corrected chi connectivity index (χ3v) is 3.81. The molecule has 1 atom stereocenters. The molecule has 0 bridgehead atoms. The van der Waals surface area contributed by atoms with Gasteiger partial charge in [0.1, 0.15) is 5.54 Å². The minimum Gasteiger partial charge on any atom is -0.381 e. The van der Waals surface area contributed by atoms with Crippen molar-refractivity contribution in [1.29, 1.82) is 0 Å². The molecule has 0 aliphatic rings. The Kier molecular flexibility index (Phi) is 7.40. The first-order valence-corrected chi connectivity index (χ1v) is 7.65. The van der Waals surface area contributed by atoms with Gasteiger partial charge in [-0.05, 0) is 31.4 Å². The van der Waals surface area contributed by atoms with Crippen molar-refractivity contribution < 1.29 is 9.53 Å². The van der Waals surface area contributed by atoms with E-state index < -0.39 is 5.54 Å². The lowest BCUT2D eigenvalue weighted by atomic mass is 9.86. The van der Waals surface area contributed by atoms with Crippen molar-refractivity contribution in [2.45, 2.75) is 38.6 Å². The van der Waals surface area contributed by atoms with E-state index in [1.165, 1.54) is 0 Å². The summed E-state index contributed by atoms with van der Waals surface area (Å²) < 4.78 is 5.67. The van der Waals surface area contributed by atoms with Gasteiger partial charge in [0.05, 0.1) is 0 Å². The monoisotopic (exact) mass is 292 g/mol. The van der Waals surface area contributed by atoms with Gasteiger partial charge in [0.15, 0.2) is 0 Å². The standard InChI is InChI=1S/C17H28N2O2/c1-14(2)8-7-12-21-13-11-17(19-3,16(18)20)15-9-5-4-6-10-15/h4-6,9-10,14,19H,7-8,11-13H2,1-3H3,(H2,18,20). The SMILES string of the molecule is CNC(CCOCCCC(C)C)(C(N)=O)c1ccccc1. The summed E-state index contributed by atoms with van der Waals surface area (Å²) in [5.74, 6) is 0.321. The number of primary amides is 1. The zero-order chi connectivity index (χ0) is 15.7. The van der Waals surface area contributed by atoms with Gasteiger partial charge in [0.2, 0.25) is 5.91 Å². The van der Waals surface area contributed by atoms with Crippen LogP contribution in [0.25, 0.3) is 0 Å². The summed E-state index contributed by atoms with van der Waals surface area (Å²) in [7, 11) is 1.76. The van der Waals surface area contributed by atoms with Gasteiger partial charge in [0.25, 0.3) is 0 Å². The summed E-state index contributed by atoms with van der Waals surface area (Å²) in [6.45, 7) is 5.64. The molecule has 1 aromatic carbocycles. The van der Waals surface area contributed by atoms with E-state index in [4.69, 9.17) is 10.5 Å². The number of likely N-dealkylation sites (N-methyl/N-ethyl adjacent to an activating group) is 1. The Hall–Kier alpha value is -1.39. The average Bonchev–Trinajstić information content (AvgIpc) is 2.47. The van der Waals surface area contributed by atoms with E-state index in [2.05, 4.69) is 19.2 Å². The lowest BCUT2D eigenvalue weighted by molar-refractivity contribution is -0.125. The van der Waals surface area contributed by atoms with Crippen LogP contribution in [-0.4, -0.2) is 26.2 Å². The first-order chi connectivity index (χ1) is 10.0. The number of carbonyl (C=O) groups is 1. The molecule has 0 heterocycles. The van der Waals surface area contributed by atoms with Gasteiger partial charge in [-0.2, -0.15) is 0 Å². The molecule has 0 aromatic heterocycles. The van der Waals surface area contributed by atoms with Crippen LogP contribution in [0.15, 0.2) is 30.3 Å². The van der Waals surface area contributed by atoms with Crippen molar-refractivity contribution in [2.24, 2.45) is 11.7 Å². The maximum atomic E-state index is 12.0. The third-order valence-electron chi connectivity index (χ3n) is 3.81. The summed E-state index contributed by atoms with van der Waals surface area (Å²) >= 11 is 0. The number of nitrogens with one attached hydrogen (secondary N) is 1. The maximum Gasteiger partial charge on any atom is 0.242 e. The molecule has 0 fully saturated rings. The topological polar surface area (TPSA) is 64.3 Å². The molecule has 1 amide bonds. The van der Waals surface area contributed by atoms with Crippen LogP contribution in [0.5, 0.6) is 0 Å². The van der Waals surface area contributed by atoms with Crippen LogP contribution in [-0.2, 0) is 15.1 Å². The van der Waals surface area contributed by atoms with Crippen LogP contribution in [0.2, 0.25) is 0 Å². The van der Waals surface area contributed by atoms with E-state index >= 15 is 0 Å². The Labute approximate surface area is 128 Å². The number of benzene rings is 1. The molecule has 0 radical (unpaired) electrons. The number of nitrogens with two attached hydrogens (primary N) is 1. The molecule has 118 valence electrons. The van der Waals surface area contributed by atoms with Crippen molar-refractivity contribution in [3.05, 3.63) is 35.9 Å². The summed E-state index contributed by atoms with van der Waals surface area (Å²) in [4.78, 5) is 12.0. The number of hydrogen-bond donors (Lipinski definition) is 2. The second kappa shape index (κ2) is 8.80. The average molecular weight is 292 g/mol. The van der Waals surface area contributed by atoms with Crippen LogP contribution < -0.4 is 11.1 Å². The summed E-state index contributed by atoms with van der Waals surface area (Å²) in [6, 6.07) is 9.58. The molecule has 21 heavy (non-hydrogen) atoms. The maximum absolute atomic E-state index is 12.0. The first-order valence-electron chi connectivity index (χ1n) is 7.65. The largest absolute Gasteiger partial charge is 0.381 e. The van der Waals surface area contributed by atoms with Gasteiger partial charge in [-0.3, -0.25) is 4.79 Å². The van der Waals surface area contributed by atoms with Gasteiger partial charge in [-0.25, -0.2) is 0 Å². The smallest absolute Gasteiger partial charge is 0.242 e. The fourth-order valence-corrected chi connectivity index (χ4v) is 2.45. The second-order valence-corrected chi connectivity index (χ2v) is 5.78. The Balaban J connectivity index is 2.58. The molecule has 0 aliphatic heterocycles. The molecule has 1 rings (SSSR count). The van der Waals surface area contributed by atoms with Crippen LogP contribution in [0.1, 0.15) is 38.7 Å². The zero-order valence-corrected chi connectivity index (χ0v) is 13.4. The minimum atomic E-state index is -0.862. The van der Waals surface area contributed by atoms with E-state index in [0.29, 0.717) is 18.9 Å². The Bertz CT molecular complexity index is 420. The second-order valence-electron chi connectivity index (χ2n) is 5.78. The summed E-state index contributed by atoms with van der Waals surface area (Å²) in [5, 5.41) is 3.09. The van der Waals surface area contributed by atoms with Crippen LogP contribution >= 0.6 is 0 Å². The molecule has 0 saturated carbocycles. The molecule has 4 heteroatoms. The van der Waals surface area contributed by atoms with E-state index in [-0.39, 0.29) is 5.91 Å². The molecule has 0 spiro atoms. The van der Waals surface area contributed by atoms with E-state index in [1.807, 2.05) is 30.3 Å². The number of hydrogen-bond acceptors (Lipinski definition) is 3. The fraction of sp³-hybridized carbons (Fsp3) is 0.588. The van der Waals surface area contributed by atoms with Gasteiger partial charge in [-0.1, -0.05) is 44.2 Å². The molecule has 0 aliphatic carbocycles. The van der Waals surface area contributed by atoms with Crippen molar-refractivity contribution >= 4 is 5.91 Å². The fourth-order valence-electron chi connectivity index (χ4n) is 2.45. The van der Waals surface area contributed by atoms with E-state index in [9.17, 15) is 4.79 Å². The van der Waals surface area contributed by atoms with Gasteiger partial charge in [0, 0.05) is 19.6 Å². The lowest BCUT2D eigenvalue weighted by Crippen LogP contribution is -2.51. The molecule has 4 nitrogen and oxygen atoms in total. The molecule has 1 aromatic rings. The Morgan fingerprint density at radius 2 is 1.95 bits per heavy atom. The molecule has 0 saturated heterocycles. The number of ether oxygens (including phenoxy) is 1. The van der Waals surface area contributed by atoms with Crippen molar-refractivity contribution in [2.75, 3.05) is 20.3 Å². The minimum absolute atomic E-state index is 0.373. The molecule has 3 N–H and O–H groups in total. The van der Waals surface area contributed by atoms with Crippen LogP contribution in [0, 0.1) is 5.92 Å². The number of rotatable bonds is 10. The molecular weight excluding hydrogens is 264 g/mol. The highest BCUT2D eigenvalue weighted by Gasteiger charge is 2.36. The summed E-state index contributed by atoms with van der Waals surface area (Å²) in [6.07, 6.45) is 2.74. The number of amides is 1. The first kappa shape index (κ1) is 17.7. The van der Waals surface area contributed by atoms with E-state index in [1.54, 1.807) is 7.05 Å². The summed E-state index contributed by atoms with van der Waals surface area (Å²) in [5.41, 5.74) is 5.66. The molecular formula is C17H28N2O2. The Morgan fingerprint density at radius 3 is 2.48 bits per heavy atom.